The third-order valence-electron chi connectivity index (χ3n) is 3.72. The molecule has 0 aromatic heterocycles. The van der Waals surface area contributed by atoms with E-state index >= 15 is 0 Å². The van der Waals surface area contributed by atoms with E-state index in [0.29, 0.717) is 12.1 Å². The Morgan fingerprint density at radius 2 is 1.93 bits per heavy atom. The molecule has 0 radical (unpaired) electrons. The molecule has 0 fully saturated rings. The van der Waals surface area contributed by atoms with Crippen LogP contribution in [0.1, 0.15) is 16.8 Å². The van der Waals surface area contributed by atoms with Crippen molar-refractivity contribution in [1.82, 2.24) is 5.32 Å². The van der Waals surface area contributed by atoms with Crippen molar-refractivity contribution >= 4 is 33.2 Å². The number of benzene rings is 2. The summed E-state index contributed by atoms with van der Waals surface area (Å²) in [5.41, 5.74) is 0.633. The van der Waals surface area contributed by atoms with E-state index in [1.165, 1.54) is 28.6 Å². The highest BCUT2D eigenvalue weighted by atomic mass is 35.5. The summed E-state index contributed by atoms with van der Waals surface area (Å²) in [4.78, 5) is 12.1. The number of anilines is 1. The van der Waals surface area contributed by atoms with Gasteiger partial charge in [0.25, 0.3) is 15.9 Å². The first-order valence-corrected chi connectivity index (χ1v) is 10.1. The lowest BCUT2D eigenvalue weighted by molar-refractivity contribution is 0.0951. The van der Waals surface area contributed by atoms with Gasteiger partial charge in [0.15, 0.2) is 0 Å². The predicted octanol–water partition coefficient (Wildman–Crippen LogP) is 2.83. The molecule has 27 heavy (non-hydrogen) atoms. The minimum atomic E-state index is -4.02. The first-order valence-electron chi connectivity index (χ1n) is 8.29. The Kier molecular flexibility index (Phi) is 7.41. The molecule has 0 spiro atoms. The van der Waals surface area contributed by atoms with Crippen molar-refractivity contribution in [2.75, 3.05) is 24.0 Å². The summed E-state index contributed by atoms with van der Waals surface area (Å²) in [6, 6.07) is 12.7. The average Bonchev–Trinajstić information content (AvgIpc) is 2.67. The normalized spacial score (nSPS) is 11.0. The fraction of sp³-hybridized carbons (Fsp3) is 0.211. The Morgan fingerprint density at radius 3 is 2.56 bits per heavy atom. The molecular weight excluding hydrogens is 388 g/mol. The monoisotopic (exact) mass is 408 g/mol. The van der Waals surface area contributed by atoms with Crippen molar-refractivity contribution in [3.05, 3.63) is 71.8 Å². The van der Waals surface area contributed by atoms with Crippen LogP contribution in [-0.2, 0) is 10.0 Å². The van der Waals surface area contributed by atoms with Crippen LogP contribution in [0.2, 0.25) is 5.02 Å². The molecule has 0 atom stereocenters. The minimum Gasteiger partial charge on any atom is -0.396 e. The second kappa shape index (κ2) is 9.55. The van der Waals surface area contributed by atoms with Gasteiger partial charge in [0.05, 0.1) is 17.3 Å². The average molecular weight is 409 g/mol. The zero-order chi connectivity index (χ0) is 19.9. The smallest absolute Gasteiger partial charge is 0.266 e. The summed E-state index contributed by atoms with van der Waals surface area (Å²) in [7, 11) is -4.02. The molecule has 0 heterocycles. The molecule has 0 aliphatic heterocycles. The molecular formula is C19H21ClN2O4S. The van der Waals surface area contributed by atoms with Gasteiger partial charge < -0.3 is 10.4 Å². The standard InChI is InChI=1S/C19H21ClN2O4S/c1-2-12-22(16-7-4-3-5-8-16)27(25,26)18-14-15(9-10-17(18)20)19(24)21-11-6-13-23/h2-5,7-10,14,23H,1,6,11-13H2,(H,21,24). The maximum absolute atomic E-state index is 13.2. The number of nitrogens with one attached hydrogen (secondary N) is 1. The van der Waals surface area contributed by atoms with Crippen LogP contribution in [-0.4, -0.2) is 39.1 Å². The second-order valence-corrected chi connectivity index (χ2v) is 7.88. The Hall–Kier alpha value is -2.35. The Labute approximate surface area is 164 Å². The Balaban J connectivity index is 2.43. The molecule has 0 aliphatic carbocycles. The first-order chi connectivity index (χ1) is 12.9. The quantitative estimate of drug-likeness (QED) is 0.493. The van der Waals surface area contributed by atoms with Crippen molar-refractivity contribution in [3.8, 4) is 0 Å². The summed E-state index contributed by atoms with van der Waals surface area (Å²) in [5, 5.41) is 11.4. The number of hydrogen-bond donors (Lipinski definition) is 2. The maximum atomic E-state index is 13.2. The number of para-hydroxylation sites is 1. The van der Waals surface area contributed by atoms with E-state index in [2.05, 4.69) is 11.9 Å². The highest BCUT2D eigenvalue weighted by Gasteiger charge is 2.27. The van der Waals surface area contributed by atoms with Crippen LogP contribution in [0.5, 0.6) is 0 Å². The van der Waals surface area contributed by atoms with Crippen molar-refractivity contribution in [2.24, 2.45) is 0 Å². The number of rotatable bonds is 9. The lowest BCUT2D eigenvalue weighted by Crippen LogP contribution is -2.32. The van der Waals surface area contributed by atoms with Crippen LogP contribution in [0, 0.1) is 0 Å². The van der Waals surface area contributed by atoms with Gasteiger partial charge in [-0.1, -0.05) is 35.9 Å². The molecule has 0 aliphatic rings. The molecule has 2 rings (SSSR count). The van der Waals surface area contributed by atoms with Gasteiger partial charge in [-0.2, -0.15) is 0 Å². The fourth-order valence-electron chi connectivity index (χ4n) is 2.40. The molecule has 8 heteroatoms. The molecule has 0 bridgehead atoms. The fourth-order valence-corrected chi connectivity index (χ4v) is 4.34. The van der Waals surface area contributed by atoms with Crippen LogP contribution >= 0.6 is 11.6 Å². The molecule has 144 valence electrons. The van der Waals surface area contributed by atoms with Crippen LogP contribution in [0.25, 0.3) is 0 Å². The van der Waals surface area contributed by atoms with Crippen LogP contribution < -0.4 is 9.62 Å². The Bertz CT molecular complexity index is 901. The summed E-state index contributed by atoms with van der Waals surface area (Å²) in [6.07, 6.45) is 1.88. The van der Waals surface area contributed by atoms with Crippen LogP contribution in [0.15, 0.2) is 66.1 Å². The summed E-state index contributed by atoms with van der Waals surface area (Å²) >= 11 is 6.15. The molecule has 0 saturated carbocycles. The number of aliphatic hydroxyl groups is 1. The largest absolute Gasteiger partial charge is 0.396 e. The van der Waals surface area contributed by atoms with Gasteiger partial charge in [-0.3, -0.25) is 9.10 Å². The van der Waals surface area contributed by atoms with Gasteiger partial charge in [-0.25, -0.2) is 8.42 Å². The molecule has 0 unspecified atom stereocenters. The van der Waals surface area contributed by atoms with E-state index in [-0.39, 0.29) is 35.2 Å². The van der Waals surface area contributed by atoms with Crippen molar-refractivity contribution < 1.29 is 18.3 Å². The van der Waals surface area contributed by atoms with Crippen LogP contribution in [0.3, 0.4) is 0 Å². The zero-order valence-electron chi connectivity index (χ0n) is 14.6. The molecule has 0 saturated heterocycles. The van der Waals surface area contributed by atoms with Crippen molar-refractivity contribution in [3.63, 3.8) is 0 Å². The number of hydrogen-bond acceptors (Lipinski definition) is 4. The van der Waals surface area contributed by atoms with Crippen molar-refractivity contribution in [2.45, 2.75) is 11.3 Å². The topological polar surface area (TPSA) is 86.7 Å². The van der Waals surface area contributed by atoms with E-state index in [0.717, 1.165) is 0 Å². The molecule has 2 N–H and O–H groups in total. The molecule has 1 amide bonds. The van der Waals surface area contributed by atoms with Gasteiger partial charge in [-0.15, -0.1) is 6.58 Å². The second-order valence-electron chi connectivity index (χ2n) is 5.64. The van der Waals surface area contributed by atoms with Crippen LogP contribution in [0.4, 0.5) is 5.69 Å². The number of nitrogens with zero attached hydrogens (tertiary/aromatic N) is 1. The van der Waals surface area contributed by atoms with Gasteiger partial charge in [0.1, 0.15) is 4.90 Å². The lowest BCUT2D eigenvalue weighted by atomic mass is 10.2. The number of aliphatic hydroxyl groups excluding tert-OH is 1. The SMILES string of the molecule is C=CCN(c1ccccc1)S(=O)(=O)c1cc(C(=O)NCCCO)ccc1Cl. The number of carbonyl (C=O) groups is 1. The summed E-state index contributed by atoms with van der Waals surface area (Å²) in [6.45, 7) is 3.91. The molecule has 2 aromatic rings. The number of sulfonamides is 1. The van der Waals surface area contributed by atoms with E-state index in [9.17, 15) is 13.2 Å². The minimum absolute atomic E-state index is 0.0203. The van der Waals surface area contributed by atoms with Gasteiger partial charge in [0, 0.05) is 18.7 Å². The summed E-state index contributed by atoms with van der Waals surface area (Å²) < 4.78 is 27.6. The molecule has 2 aromatic carbocycles. The van der Waals surface area contributed by atoms with E-state index in [1.807, 2.05) is 0 Å². The number of halogens is 1. The predicted molar refractivity (Wildman–Crippen MR) is 107 cm³/mol. The zero-order valence-corrected chi connectivity index (χ0v) is 16.2. The third-order valence-corrected chi connectivity index (χ3v) is 6.00. The van der Waals surface area contributed by atoms with E-state index < -0.39 is 15.9 Å². The highest BCUT2D eigenvalue weighted by Crippen LogP contribution is 2.29. The highest BCUT2D eigenvalue weighted by molar-refractivity contribution is 7.93. The first kappa shape index (κ1) is 21.0. The third kappa shape index (κ3) is 5.09. The van der Waals surface area contributed by atoms with E-state index in [4.69, 9.17) is 16.7 Å². The Morgan fingerprint density at radius 1 is 1.22 bits per heavy atom. The van der Waals surface area contributed by atoms with Gasteiger partial charge in [-0.05, 0) is 36.8 Å². The van der Waals surface area contributed by atoms with Gasteiger partial charge >= 0.3 is 0 Å². The van der Waals surface area contributed by atoms with Crippen molar-refractivity contribution in [1.29, 1.82) is 0 Å². The maximum Gasteiger partial charge on any atom is 0.266 e. The number of amides is 1. The number of carbonyl (C=O) groups excluding carboxylic acids is 1. The van der Waals surface area contributed by atoms with Gasteiger partial charge in [0.2, 0.25) is 0 Å². The summed E-state index contributed by atoms with van der Waals surface area (Å²) in [5.74, 6) is -0.438. The lowest BCUT2D eigenvalue weighted by Gasteiger charge is -2.24. The molecule has 6 nitrogen and oxygen atoms in total. The van der Waals surface area contributed by atoms with E-state index in [1.54, 1.807) is 30.3 Å².